The molecule has 21 heavy (non-hydrogen) atoms. The van der Waals surface area contributed by atoms with Gasteiger partial charge in [-0.25, -0.2) is 15.0 Å². The summed E-state index contributed by atoms with van der Waals surface area (Å²) in [5, 5.41) is 6.61. The Hall–Kier alpha value is -1.86. The van der Waals surface area contributed by atoms with Crippen molar-refractivity contribution in [1.82, 2.24) is 24.8 Å². The first-order valence-electron chi connectivity index (χ1n) is 6.71. The molecule has 0 amide bonds. The fraction of sp³-hybridized carbons (Fsp3) is 0.462. The van der Waals surface area contributed by atoms with E-state index in [0.717, 1.165) is 42.8 Å². The number of aromatic nitrogens is 4. The summed E-state index contributed by atoms with van der Waals surface area (Å²) in [6, 6.07) is 1.93. The molecule has 2 aromatic heterocycles. The molecule has 0 aromatic carbocycles. The van der Waals surface area contributed by atoms with Crippen LogP contribution in [0.1, 0.15) is 11.5 Å². The molecule has 0 radical (unpaired) electrons. The molecule has 0 fully saturated rings. The fourth-order valence-corrected chi connectivity index (χ4v) is 2.20. The quantitative estimate of drug-likeness (QED) is 0.873. The minimum absolute atomic E-state index is 0. The first kappa shape index (κ1) is 15.5. The summed E-state index contributed by atoms with van der Waals surface area (Å²) in [5.74, 6) is 2.80. The molecule has 0 saturated carbocycles. The zero-order valence-corrected chi connectivity index (χ0v) is 13.0. The van der Waals surface area contributed by atoms with E-state index in [1.807, 2.05) is 25.1 Å². The molecule has 0 unspecified atom stereocenters. The van der Waals surface area contributed by atoms with E-state index in [-0.39, 0.29) is 12.4 Å². The summed E-state index contributed by atoms with van der Waals surface area (Å²) < 4.78 is 2.21. The van der Waals surface area contributed by atoms with E-state index in [1.54, 1.807) is 6.33 Å². The van der Waals surface area contributed by atoms with Gasteiger partial charge in [-0.1, -0.05) is 0 Å². The molecular formula is C13H20ClN7. The summed E-state index contributed by atoms with van der Waals surface area (Å²) >= 11 is 0. The van der Waals surface area contributed by atoms with E-state index < -0.39 is 0 Å². The average molecular weight is 310 g/mol. The first-order chi connectivity index (χ1) is 9.72. The van der Waals surface area contributed by atoms with Crippen LogP contribution in [-0.4, -0.2) is 40.2 Å². The van der Waals surface area contributed by atoms with Crippen molar-refractivity contribution in [2.45, 2.75) is 19.6 Å². The normalized spacial score (nSPS) is 13.2. The van der Waals surface area contributed by atoms with E-state index in [4.69, 9.17) is 0 Å². The van der Waals surface area contributed by atoms with Crippen LogP contribution < -0.4 is 15.5 Å². The monoisotopic (exact) mass is 309 g/mol. The van der Waals surface area contributed by atoms with Crippen LogP contribution in [0.25, 0.3) is 0 Å². The number of nitrogens with zero attached hydrogens (tertiary/aromatic N) is 5. The van der Waals surface area contributed by atoms with E-state index >= 15 is 0 Å². The third-order valence-corrected chi connectivity index (χ3v) is 3.28. The molecule has 2 N–H and O–H groups in total. The number of halogens is 1. The van der Waals surface area contributed by atoms with Crippen LogP contribution in [0.2, 0.25) is 0 Å². The van der Waals surface area contributed by atoms with E-state index in [2.05, 4.69) is 36.3 Å². The molecule has 3 rings (SSSR count). The highest BCUT2D eigenvalue weighted by molar-refractivity contribution is 5.85. The lowest BCUT2D eigenvalue weighted by atomic mass is 10.4. The summed E-state index contributed by atoms with van der Waals surface area (Å²) in [5.41, 5.74) is 1.04. The van der Waals surface area contributed by atoms with E-state index in [9.17, 15) is 0 Å². The van der Waals surface area contributed by atoms with Gasteiger partial charge in [0, 0.05) is 39.4 Å². The smallest absolute Gasteiger partial charge is 0.133 e. The van der Waals surface area contributed by atoms with Crippen LogP contribution in [0, 0.1) is 0 Å². The van der Waals surface area contributed by atoms with Crippen molar-refractivity contribution in [3.8, 4) is 0 Å². The van der Waals surface area contributed by atoms with Gasteiger partial charge in [0.25, 0.3) is 0 Å². The van der Waals surface area contributed by atoms with Crippen LogP contribution in [0.3, 0.4) is 0 Å². The van der Waals surface area contributed by atoms with Crippen molar-refractivity contribution in [2.24, 2.45) is 0 Å². The maximum atomic E-state index is 4.61. The van der Waals surface area contributed by atoms with Crippen LogP contribution in [0.5, 0.6) is 0 Å². The molecule has 0 aliphatic carbocycles. The highest BCUT2D eigenvalue weighted by Gasteiger charge is 2.11. The maximum absolute atomic E-state index is 4.61. The Bertz CT molecular complexity index is 572. The van der Waals surface area contributed by atoms with Crippen molar-refractivity contribution in [2.75, 3.05) is 30.9 Å². The van der Waals surface area contributed by atoms with Gasteiger partial charge in [-0.2, -0.15) is 0 Å². The predicted molar refractivity (Wildman–Crippen MR) is 84.9 cm³/mol. The third kappa shape index (κ3) is 3.62. The molecule has 1 aliphatic heterocycles. The van der Waals surface area contributed by atoms with Crippen LogP contribution in [-0.2, 0) is 19.6 Å². The minimum atomic E-state index is 0. The Morgan fingerprint density at radius 1 is 1.38 bits per heavy atom. The molecule has 1 aliphatic rings. The first-order valence-corrected chi connectivity index (χ1v) is 6.71. The zero-order valence-electron chi connectivity index (χ0n) is 12.2. The zero-order chi connectivity index (χ0) is 13.9. The topological polar surface area (TPSA) is 70.9 Å². The van der Waals surface area contributed by atoms with Crippen LogP contribution in [0.4, 0.5) is 11.6 Å². The SMILES string of the molecule is CN(C)c1cc(NCc2cn3c(n2)CNCC3)ncn1.Cl. The molecule has 0 bridgehead atoms. The van der Waals surface area contributed by atoms with Gasteiger partial charge in [-0.15, -0.1) is 12.4 Å². The average Bonchev–Trinajstić information content (AvgIpc) is 2.88. The largest absolute Gasteiger partial charge is 0.364 e. The minimum Gasteiger partial charge on any atom is -0.364 e. The van der Waals surface area contributed by atoms with Crippen molar-refractivity contribution < 1.29 is 0 Å². The Labute approximate surface area is 130 Å². The van der Waals surface area contributed by atoms with Crippen LogP contribution in [0.15, 0.2) is 18.6 Å². The molecule has 114 valence electrons. The molecule has 7 nitrogen and oxygen atoms in total. The Kier molecular flexibility index (Phi) is 4.98. The van der Waals surface area contributed by atoms with Gasteiger partial charge in [0.2, 0.25) is 0 Å². The summed E-state index contributed by atoms with van der Waals surface area (Å²) in [7, 11) is 3.92. The van der Waals surface area contributed by atoms with Gasteiger partial charge in [0.1, 0.15) is 23.8 Å². The summed E-state index contributed by atoms with van der Waals surface area (Å²) in [6.07, 6.45) is 3.68. The Balaban J connectivity index is 0.00000161. The van der Waals surface area contributed by atoms with Gasteiger partial charge >= 0.3 is 0 Å². The molecule has 0 atom stereocenters. The lowest BCUT2D eigenvalue weighted by Gasteiger charge is -2.13. The van der Waals surface area contributed by atoms with Crippen LogP contribution >= 0.6 is 12.4 Å². The number of imidazole rings is 1. The number of nitrogens with one attached hydrogen (secondary N) is 2. The van der Waals surface area contributed by atoms with Crippen molar-refractivity contribution in [3.63, 3.8) is 0 Å². The number of rotatable bonds is 4. The number of anilines is 2. The maximum Gasteiger partial charge on any atom is 0.133 e. The molecule has 3 heterocycles. The lowest BCUT2D eigenvalue weighted by Crippen LogP contribution is -2.27. The molecule has 8 heteroatoms. The highest BCUT2D eigenvalue weighted by atomic mass is 35.5. The highest BCUT2D eigenvalue weighted by Crippen LogP contribution is 2.13. The predicted octanol–water partition coefficient (Wildman–Crippen LogP) is 0.876. The van der Waals surface area contributed by atoms with Crippen molar-refractivity contribution in [3.05, 3.63) is 30.1 Å². The Morgan fingerprint density at radius 3 is 3.00 bits per heavy atom. The summed E-state index contributed by atoms with van der Waals surface area (Å²) in [4.78, 5) is 15.0. The summed E-state index contributed by atoms with van der Waals surface area (Å²) in [6.45, 7) is 3.51. The van der Waals surface area contributed by atoms with Gasteiger partial charge in [0.05, 0.1) is 18.8 Å². The van der Waals surface area contributed by atoms with Gasteiger partial charge < -0.3 is 20.1 Å². The van der Waals surface area contributed by atoms with Gasteiger partial charge in [0.15, 0.2) is 0 Å². The van der Waals surface area contributed by atoms with Gasteiger partial charge in [-0.3, -0.25) is 0 Å². The van der Waals surface area contributed by atoms with Gasteiger partial charge in [-0.05, 0) is 0 Å². The Morgan fingerprint density at radius 2 is 2.24 bits per heavy atom. The second-order valence-electron chi connectivity index (χ2n) is 5.03. The fourth-order valence-electron chi connectivity index (χ4n) is 2.20. The number of hydrogen-bond acceptors (Lipinski definition) is 6. The van der Waals surface area contributed by atoms with E-state index in [1.165, 1.54) is 0 Å². The molecule has 0 spiro atoms. The standard InChI is InChI=1S/C13H19N7.ClH/c1-19(2)12-5-11(16-9-17-12)15-6-10-8-20-4-3-14-7-13(20)18-10;/h5,8-9,14H,3-4,6-7H2,1-2H3,(H,15,16,17);1H. The van der Waals surface area contributed by atoms with Crippen molar-refractivity contribution >= 4 is 24.0 Å². The second kappa shape index (κ2) is 6.73. The lowest BCUT2D eigenvalue weighted by molar-refractivity contribution is 0.505. The molecule has 0 saturated heterocycles. The number of hydrogen-bond donors (Lipinski definition) is 2. The van der Waals surface area contributed by atoms with Crippen molar-refractivity contribution in [1.29, 1.82) is 0 Å². The molecular weight excluding hydrogens is 290 g/mol. The molecule has 2 aromatic rings. The number of fused-ring (bicyclic) bond motifs is 1. The second-order valence-corrected chi connectivity index (χ2v) is 5.03. The third-order valence-electron chi connectivity index (χ3n) is 3.28. The van der Waals surface area contributed by atoms with E-state index in [0.29, 0.717) is 6.54 Å².